The molecule has 0 bridgehead atoms. The molecule has 0 atom stereocenters. The van der Waals surface area contributed by atoms with E-state index in [0.717, 1.165) is 0 Å². The highest BCUT2D eigenvalue weighted by Crippen LogP contribution is 2.17. The number of thiazole rings is 1. The predicted octanol–water partition coefficient (Wildman–Crippen LogP) is 3.81. The van der Waals surface area contributed by atoms with Crippen molar-refractivity contribution in [1.29, 1.82) is 0 Å². The van der Waals surface area contributed by atoms with Crippen molar-refractivity contribution in [1.82, 2.24) is 4.98 Å². The van der Waals surface area contributed by atoms with E-state index < -0.39 is 17.7 Å². The molecule has 0 saturated heterocycles. The summed E-state index contributed by atoms with van der Waals surface area (Å²) in [5, 5.41) is 7.30. The highest BCUT2D eigenvalue weighted by Gasteiger charge is 2.16. The van der Waals surface area contributed by atoms with Gasteiger partial charge in [-0.15, -0.1) is 11.3 Å². The molecule has 2 aromatic rings. The lowest BCUT2D eigenvalue weighted by Crippen LogP contribution is -2.27. The van der Waals surface area contributed by atoms with Gasteiger partial charge in [0.15, 0.2) is 5.13 Å². The third kappa shape index (κ3) is 7.06. The molecule has 0 saturated carbocycles. The van der Waals surface area contributed by atoms with E-state index in [2.05, 4.69) is 15.6 Å². The van der Waals surface area contributed by atoms with Gasteiger partial charge in [-0.25, -0.2) is 14.6 Å². The van der Waals surface area contributed by atoms with E-state index in [1.807, 2.05) is 0 Å². The summed E-state index contributed by atoms with van der Waals surface area (Å²) in [6.45, 7) is 6.70. The smallest absolute Gasteiger partial charge is 0.412 e. The number of rotatable bonds is 5. The van der Waals surface area contributed by atoms with E-state index in [9.17, 15) is 14.4 Å². The molecule has 0 aliphatic carbocycles. The van der Waals surface area contributed by atoms with Gasteiger partial charge in [0, 0.05) is 18.0 Å². The number of carbonyl (C=O) groups excluding carboxylic acids is 3. The van der Waals surface area contributed by atoms with Gasteiger partial charge in [-0.3, -0.25) is 10.1 Å². The van der Waals surface area contributed by atoms with Gasteiger partial charge in [0.05, 0.1) is 11.3 Å². The number of amides is 2. The molecule has 2 N–H and O–H groups in total. The third-order valence-corrected chi connectivity index (χ3v) is 3.76. The summed E-state index contributed by atoms with van der Waals surface area (Å²) in [6, 6.07) is 6.24. The summed E-state index contributed by atoms with van der Waals surface area (Å²) in [7, 11) is 0. The first-order valence-electron chi connectivity index (χ1n) is 8.11. The average Bonchev–Trinajstić information content (AvgIpc) is 2.98. The Hall–Kier alpha value is -2.94. The summed E-state index contributed by atoms with van der Waals surface area (Å²) in [6.07, 6.45) is -0.573. The number of carbonyl (C=O) groups is 3. The first kappa shape index (κ1) is 20.4. The van der Waals surface area contributed by atoms with E-state index in [1.54, 1.807) is 50.4 Å². The lowest BCUT2D eigenvalue weighted by molar-refractivity contribution is -0.114. The van der Waals surface area contributed by atoms with Crippen LogP contribution >= 0.6 is 11.3 Å². The summed E-state index contributed by atoms with van der Waals surface area (Å²) in [5.74, 6) is -0.735. The fourth-order valence-electron chi connectivity index (χ4n) is 1.92. The summed E-state index contributed by atoms with van der Waals surface area (Å²) < 4.78 is 10.4. The van der Waals surface area contributed by atoms with Crippen LogP contribution < -0.4 is 10.6 Å². The van der Waals surface area contributed by atoms with Crippen molar-refractivity contribution in [3.05, 3.63) is 40.9 Å². The standard InChI is InChI=1S/C18H21N3O5S/c1-11(22)19-16-20-14(10-27-16)9-25-15(23)12-5-7-13(8-6-12)21-17(24)26-18(2,3)4/h5-8,10H,9H2,1-4H3,(H,21,24)(H,19,20,22). The molecule has 2 rings (SSSR count). The van der Waals surface area contributed by atoms with Crippen LogP contribution in [0.5, 0.6) is 0 Å². The first-order valence-corrected chi connectivity index (χ1v) is 8.99. The van der Waals surface area contributed by atoms with Crippen molar-refractivity contribution in [2.75, 3.05) is 10.6 Å². The maximum absolute atomic E-state index is 12.1. The second kappa shape index (κ2) is 8.63. The molecular formula is C18H21N3O5S. The van der Waals surface area contributed by atoms with Crippen LogP contribution in [-0.4, -0.2) is 28.6 Å². The quantitative estimate of drug-likeness (QED) is 0.751. The Balaban J connectivity index is 1.87. The second-order valence-electron chi connectivity index (χ2n) is 6.61. The molecule has 1 aromatic heterocycles. The number of ether oxygens (including phenoxy) is 2. The molecule has 0 spiro atoms. The van der Waals surface area contributed by atoms with Crippen LogP contribution in [0.4, 0.5) is 15.6 Å². The molecule has 1 aromatic carbocycles. The average molecular weight is 391 g/mol. The van der Waals surface area contributed by atoms with Crippen LogP contribution in [0.3, 0.4) is 0 Å². The molecule has 0 radical (unpaired) electrons. The topological polar surface area (TPSA) is 107 Å². The van der Waals surface area contributed by atoms with Crippen LogP contribution in [0.25, 0.3) is 0 Å². The number of nitrogens with one attached hydrogen (secondary N) is 2. The Morgan fingerprint density at radius 3 is 2.37 bits per heavy atom. The van der Waals surface area contributed by atoms with E-state index in [0.29, 0.717) is 22.1 Å². The van der Waals surface area contributed by atoms with Crippen LogP contribution in [0.2, 0.25) is 0 Å². The molecule has 0 fully saturated rings. The zero-order chi connectivity index (χ0) is 20.0. The van der Waals surface area contributed by atoms with E-state index in [-0.39, 0.29) is 12.5 Å². The van der Waals surface area contributed by atoms with Gasteiger partial charge in [-0.2, -0.15) is 0 Å². The number of anilines is 2. The van der Waals surface area contributed by atoms with Gasteiger partial charge in [0.2, 0.25) is 5.91 Å². The number of esters is 1. The molecule has 27 heavy (non-hydrogen) atoms. The lowest BCUT2D eigenvalue weighted by Gasteiger charge is -2.19. The van der Waals surface area contributed by atoms with Crippen molar-refractivity contribution < 1.29 is 23.9 Å². The van der Waals surface area contributed by atoms with E-state index in [4.69, 9.17) is 9.47 Å². The minimum absolute atomic E-state index is 0.00711. The number of benzene rings is 1. The zero-order valence-electron chi connectivity index (χ0n) is 15.5. The minimum atomic E-state index is -0.594. The maximum atomic E-state index is 12.1. The van der Waals surface area contributed by atoms with Gasteiger partial charge >= 0.3 is 12.1 Å². The summed E-state index contributed by atoms with van der Waals surface area (Å²) in [5.41, 5.74) is 0.783. The number of hydrogen-bond acceptors (Lipinski definition) is 7. The predicted molar refractivity (Wildman–Crippen MR) is 102 cm³/mol. The van der Waals surface area contributed by atoms with Gasteiger partial charge in [-0.05, 0) is 45.0 Å². The van der Waals surface area contributed by atoms with Gasteiger partial charge in [0.25, 0.3) is 0 Å². The van der Waals surface area contributed by atoms with Crippen LogP contribution in [0.15, 0.2) is 29.6 Å². The molecule has 9 heteroatoms. The fourth-order valence-corrected chi connectivity index (χ4v) is 2.66. The number of aromatic nitrogens is 1. The van der Waals surface area contributed by atoms with Crippen LogP contribution in [0.1, 0.15) is 43.7 Å². The van der Waals surface area contributed by atoms with E-state index >= 15 is 0 Å². The third-order valence-electron chi connectivity index (χ3n) is 2.95. The molecule has 8 nitrogen and oxygen atoms in total. The lowest BCUT2D eigenvalue weighted by atomic mass is 10.2. The Labute approximate surface area is 160 Å². The van der Waals surface area contributed by atoms with Gasteiger partial charge in [0.1, 0.15) is 12.2 Å². The Bertz CT molecular complexity index is 824. The SMILES string of the molecule is CC(=O)Nc1nc(COC(=O)c2ccc(NC(=O)OC(C)(C)C)cc2)cs1. The highest BCUT2D eigenvalue weighted by molar-refractivity contribution is 7.13. The van der Waals surface area contributed by atoms with Crippen molar-refractivity contribution >= 4 is 40.1 Å². The van der Waals surface area contributed by atoms with Crippen molar-refractivity contribution in [3.8, 4) is 0 Å². The minimum Gasteiger partial charge on any atom is -0.456 e. The van der Waals surface area contributed by atoms with Crippen molar-refractivity contribution in [2.45, 2.75) is 39.9 Å². The number of hydrogen-bond donors (Lipinski definition) is 2. The first-order chi connectivity index (χ1) is 12.6. The van der Waals surface area contributed by atoms with Crippen molar-refractivity contribution in [3.63, 3.8) is 0 Å². The summed E-state index contributed by atoms with van der Waals surface area (Å²) >= 11 is 1.25. The Kier molecular flexibility index (Phi) is 6.51. The molecule has 0 aliphatic heterocycles. The number of nitrogens with zero attached hydrogens (tertiary/aromatic N) is 1. The van der Waals surface area contributed by atoms with Crippen LogP contribution in [-0.2, 0) is 20.9 Å². The zero-order valence-corrected chi connectivity index (χ0v) is 16.3. The van der Waals surface area contributed by atoms with Crippen LogP contribution in [0, 0.1) is 0 Å². The maximum Gasteiger partial charge on any atom is 0.412 e. The Morgan fingerprint density at radius 2 is 1.78 bits per heavy atom. The molecule has 1 heterocycles. The second-order valence-corrected chi connectivity index (χ2v) is 7.46. The van der Waals surface area contributed by atoms with Gasteiger partial charge in [-0.1, -0.05) is 0 Å². The molecule has 2 amide bonds. The monoisotopic (exact) mass is 391 g/mol. The highest BCUT2D eigenvalue weighted by atomic mass is 32.1. The molecule has 0 aliphatic rings. The fraction of sp³-hybridized carbons (Fsp3) is 0.333. The normalized spacial score (nSPS) is 10.8. The molecule has 0 unspecified atom stereocenters. The molecule has 144 valence electrons. The van der Waals surface area contributed by atoms with Crippen molar-refractivity contribution in [2.24, 2.45) is 0 Å². The Morgan fingerprint density at radius 1 is 1.11 bits per heavy atom. The van der Waals surface area contributed by atoms with Gasteiger partial charge < -0.3 is 14.8 Å². The molecular weight excluding hydrogens is 370 g/mol. The van der Waals surface area contributed by atoms with E-state index in [1.165, 1.54) is 18.3 Å². The summed E-state index contributed by atoms with van der Waals surface area (Å²) in [4.78, 5) is 38.9. The largest absolute Gasteiger partial charge is 0.456 e.